The van der Waals surface area contributed by atoms with Crippen LogP contribution < -0.4 is 5.32 Å². The van der Waals surface area contributed by atoms with Gasteiger partial charge in [-0.25, -0.2) is 0 Å². The second-order valence-corrected chi connectivity index (χ2v) is 6.14. The van der Waals surface area contributed by atoms with Gasteiger partial charge in [-0.1, -0.05) is 74.5 Å². The fourth-order valence-corrected chi connectivity index (χ4v) is 2.71. The Morgan fingerprint density at radius 3 is 2.10 bits per heavy atom. The maximum atomic E-state index is 3.74. The normalized spacial score (nSPS) is 12.5. The predicted molar refractivity (Wildman–Crippen MR) is 91.4 cm³/mol. The van der Waals surface area contributed by atoms with Crippen molar-refractivity contribution < 1.29 is 0 Å². The van der Waals surface area contributed by atoms with Gasteiger partial charge in [-0.15, -0.1) is 0 Å². The van der Waals surface area contributed by atoms with Crippen molar-refractivity contribution in [1.82, 2.24) is 5.32 Å². The van der Waals surface area contributed by atoms with Gasteiger partial charge in [0.1, 0.15) is 0 Å². The molecule has 0 radical (unpaired) electrons. The lowest BCUT2D eigenvalue weighted by Crippen LogP contribution is -2.24. The molecule has 2 rings (SSSR count). The summed E-state index contributed by atoms with van der Waals surface area (Å²) in [4.78, 5) is 0. The quantitative estimate of drug-likeness (QED) is 0.672. The van der Waals surface area contributed by atoms with Gasteiger partial charge < -0.3 is 5.32 Å². The van der Waals surface area contributed by atoms with Crippen LogP contribution in [0.25, 0.3) is 0 Å². The zero-order valence-electron chi connectivity index (χ0n) is 13.3. The van der Waals surface area contributed by atoms with Gasteiger partial charge in [-0.2, -0.15) is 0 Å². The summed E-state index contributed by atoms with van der Waals surface area (Å²) in [6.07, 6.45) is 3.53. The predicted octanol–water partition coefficient (Wildman–Crippen LogP) is 5.00. The highest BCUT2D eigenvalue weighted by Crippen LogP contribution is 2.21. The van der Waals surface area contributed by atoms with Crippen molar-refractivity contribution in [2.75, 3.05) is 6.54 Å². The first-order chi connectivity index (χ1) is 10.3. The van der Waals surface area contributed by atoms with Crippen molar-refractivity contribution in [3.05, 3.63) is 71.8 Å². The third kappa shape index (κ3) is 5.73. The largest absolute Gasteiger partial charge is 0.310 e. The lowest BCUT2D eigenvalue weighted by molar-refractivity contribution is 0.427. The molecule has 2 aromatic rings. The molecule has 1 unspecified atom stereocenters. The fourth-order valence-electron chi connectivity index (χ4n) is 2.71. The number of rotatable bonds is 8. The van der Waals surface area contributed by atoms with Crippen LogP contribution in [0.5, 0.6) is 0 Å². The maximum absolute atomic E-state index is 3.74. The molecule has 0 bridgehead atoms. The summed E-state index contributed by atoms with van der Waals surface area (Å²) in [6, 6.07) is 22.0. The Labute approximate surface area is 129 Å². The van der Waals surface area contributed by atoms with Gasteiger partial charge in [-0.3, -0.25) is 0 Å². The molecule has 0 aromatic heterocycles. The number of nitrogens with one attached hydrogen (secondary N) is 1. The van der Waals surface area contributed by atoms with E-state index in [1.807, 2.05) is 0 Å². The highest BCUT2D eigenvalue weighted by atomic mass is 14.9. The molecule has 112 valence electrons. The lowest BCUT2D eigenvalue weighted by Gasteiger charge is -2.21. The van der Waals surface area contributed by atoms with Gasteiger partial charge in [0.15, 0.2) is 0 Å². The summed E-state index contributed by atoms with van der Waals surface area (Å²) in [7, 11) is 0. The summed E-state index contributed by atoms with van der Waals surface area (Å²) < 4.78 is 0. The third-order valence-corrected chi connectivity index (χ3v) is 3.78. The smallest absolute Gasteiger partial charge is 0.0322 e. The molecule has 0 saturated heterocycles. The Hall–Kier alpha value is -1.60. The van der Waals surface area contributed by atoms with E-state index in [1.54, 1.807) is 0 Å². The summed E-state index contributed by atoms with van der Waals surface area (Å²) >= 11 is 0. The van der Waals surface area contributed by atoms with E-state index < -0.39 is 0 Å². The summed E-state index contributed by atoms with van der Waals surface area (Å²) in [5.41, 5.74) is 2.84. The van der Waals surface area contributed by atoms with E-state index in [9.17, 15) is 0 Å². The van der Waals surface area contributed by atoms with E-state index in [4.69, 9.17) is 0 Å². The molecule has 1 atom stereocenters. The summed E-state index contributed by atoms with van der Waals surface area (Å²) in [6.45, 7) is 5.66. The molecule has 0 aliphatic rings. The Balaban J connectivity index is 1.82. The molecule has 0 heterocycles. The SMILES string of the molecule is CC(C)CC(NCCCc1ccccc1)c1ccccc1. The number of aryl methyl sites for hydroxylation is 1. The molecule has 21 heavy (non-hydrogen) atoms. The van der Waals surface area contributed by atoms with E-state index in [0.717, 1.165) is 13.0 Å². The lowest BCUT2D eigenvalue weighted by atomic mass is 9.97. The van der Waals surface area contributed by atoms with Gasteiger partial charge in [0.05, 0.1) is 0 Å². The molecule has 1 N–H and O–H groups in total. The van der Waals surface area contributed by atoms with Crippen LogP contribution in [0.3, 0.4) is 0 Å². The molecule has 0 aliphatic heterocycles. The van der Waals surface area contributed by atoms with E-state index in [0.29, 0.717) is 12.0 Å². The Morgan fingerprint density at radius 2 is 1.48 bits per heavy atom. The number of hydrogen-bond donors (Lipinski definition) is 1. The Kier molecular flexibility index (Phi) is 6.49. The van der Waals surface area contributed by atoms with Crippen LogP contribution in [0.1, 0.15) is 43.9 Å². The van der Waals surface area contributed by atoms with Gasteiger partial charge in [0.25, 0.3) is 0 Å². The fraction of sp³-hybridized carbons (Fsp3) is 0.400. The van der Waals surface area contributed by atoms with E-state index >= 15 is 0 Å². The minimum Gasteiger partial charge on any atom is -0.310 e. The highest BCUT2D eigenvalue weighted by molar-refractivity contribution is 5.19. The van der Waals surface area contributed by atoms with Crippen LogP contribution in [0.4, 0.5) is 0 Å². The van der Waals surface area contributed by atoms with Crippen molar-refractivity contribution in [1.29, 1.82) is 0 Å². The van der Waals surface area contributed by atoms with Crippen LogP contribution in [-0.4, -0.2) is 6.54 Å². The van der Waals surface area contributed by atoms with Gasteiger partial charge in [0.2, 0.25) is 0 Å². The minimum atomic E-state index is 0.474. The van der Waals surface area contributed by atoms with Gasteiger partial charge >= 0.3 is 0 Å². The van der Waals surface area contributed by atoms with Gasteiger partial charge in [0, 0.05) is 6.04 Å². The van der Waals surface area contributed by atoms with Gasteiger partial charge in [-0.05, 0) is 42.9 Å². The van der Waals surface area contributed by atoms with E-state index in [-0.39, 0.29) is 0 Å². The Bertz CT molecular complexity index is 490. The minimum absolute atomic E-state index is 0.474. The van der Waals surface area contributed by atoms with Crippen molar-refractivity contribution in [2.24, 2.45) is 5.92 Å². The van der Waals surface area contributed by atoms with Crippen LogP contribution in [0.2, 0.25) is 0 Å². The highest BCUT2D eigenvalue weighted by Gasteiger charge is 2.11. The van der Waals surface area contributed by atoms with Crippen LogP contribution in [0.15, 0.2) is 60.7 Å². The van der Waals surface area contributed by atoms with Crippen molar-refractivity contribution >= 4 is 0 Å². The zero-order chi connectivity index (χ0) is 14.9. The second-order valence-electron chi connectivity index (χ2n) is 6.14. The molecule has 0 fully saturated rings. The van der Waals surface area contributed by atoms with Crippen molar-refractivity contribution in [3.8, 4) is 0 Å². The monoisotopic (exact) mass is 281 g/mol. The van der Waals surface area contributed by atoms with Crippen LogP contribution in [-0.2, 0) is 6.42 Å². The molecule has 0 aliphatic carbocycles. The first-order valence-corrected chi connectivity index (χ1v) is 8.08. The van der Waals surface area contributed by atoms with Crippen molar-refractivity contribution in [2.45, 2.75) is 39.2 Å². The molecule has 0 amide bonds. The Morgan fingerprint density at radius 1 is 0.857 bits per heavy atom. The van der Waals surface area contributed by atoms with Crippen molar-refractivity contribution in [3.63, 3.8) is 0 Å². The standard InChI is InChI=1S/C20H27N/c1-17(2)16-20(19-13-7-4-8-14-19)21-15-9-12-18-10-5-3-6-11-18/h3-8,10-11,13-14,17,20-21H,9,12,15-16H2,1-2H3. The first kappa shape index (κ1) is 15.8. The average Bonchev–Trinajstić information content (AvgIpc) is 2.52. The zero-order valence-corrected chi connectivity index (χ0v) is 13.3. The number of benzene rings is 2. The molecule has 2 aromatic carbocycles. The molecule has 0 spiro atoms. The summed E-state index contributed by atoms with van der Waals surface area (Å²) in [5, 5.41) is 3.74. The second kappa shape index (κ2) is 8.63. The third-order valence-electron chi connectivity index (χ3n) is 3.78. The average molecular weight is 281 g/mol. The molecule has 1 nitrogen and oxygen atoms in total. The first-order valence-electron chi connectivity index (χ1n) is 8.08. The molecule has 1 heteroatoms. The van der Waals surface area contributed by atoms with Crippen LogP contribution >= 0.6 is 0 Å². The van der Waals surface area contributed by atoms with Crippen LogP contribution in [0, 0.1) is 5.92 Å². The topological polar surface area (TPSA) is 12.0 Å². The van der Waals surface area contributed by atoms with E-state index in [1.165, 1.54) is 24.0 Å². The molecular weight excluding hydrogens is 254 g/mol. The summed E-state index contributed by atoms with van der Waals surface area (Å²) in [5.74, 6) is 0.705. The number of hydrogen-bond acceptors (Lipinski definition) is 1. The molecular formula is C20H27N. The maximum Gasteiger partial charge on any atom is 0.0322 e. The molecule has 0 saturated carbocycles. The van der Waals surface area contributed by atoms with E-state index in [2.05, 4.69) is 79.8 Å².